The van der Waals surface area contributed by atoms with E-state index in [0.717, 1.165) is 0 Å². The van der Waals surface area contributed by atoms with Crippen LogP contribution in [0.3, 0.4) is 0 Å². The Morgan fingerprint density at radius 1 is 1.38 bits per heavy atom. The van der Waals surface area contributed by atoms with Crippen LogP contribution >= 0.6 is 0 Å². The monoisotopic (exact) mass is 315 g/mol. The van der Waals surface area contributed by atoms with Crippen molar-refractivity contribution in [3.8, 4) is 0 Å². The fourth-order valence-electron chi connectivity index (χ4n) is 1.71. The predicted octanol–water partition coefficient (Wildman–Crippen LogP) is 1.85. The summed E-state index contributed by atoms with van der Waals surface area (Å²) >= 11 is 0. The van der Waals surface area contributed by atoms with Crippen LogP contribution in [0.2, 0.25) is 0 Å². The molecule has 120 valence electrons. The summed E-state index contributed by atoms with van der Waals surface area (Å²) in [5.74, 6) is 0.486. The molecule has 0 bridgehead atoms. The third kappa shape index (κ3) is 6.41. The Bertz CT molecular complexity index is 518. The van der Waals surface area contributed by atoms with Gasteiger partial charge in [0.2, 0.25) is 10.0 Å². The minimum atomic E-state index is -3.55. The number of nitrogens with one attached hydrogen (secondary N) is 2. The van der Waals surface area contributed by atoms with E-state index in [1.54, 1.807) is 12.3 Å². The topological polar surface area (TPSA) is 80.3 Å². The Labute approximate surface area is 127 Å². The van der Waals surface area contributed by atoms with Crippen LogP contribution < -0.4 is 10.0 Å². The van der Waals surface area contributed by atoms with Crippen molar-refractivity contribution in [1.29, 1.82) is 0 Å². The van der Waals surface area contributed by atoms with Crippen LogP contribution in [0.15, 0.2) is 23.4 Å². The van der Waals surface area contributed by atoms with Gasteiger partial charge in [0, 0.05) is 38.7 Å². The van der Waals surface area contributed by atoms with E-state index in [-0.39, 0.29) is 4.90 Å². The van der Waals surface area contributed by atoms with Gasteiger partial charge < -0.3 is 10.1 Å². The smallest absolute Gasteiger partial charge is 0.244 e. The lowest BCUT2D eigenvalue weighted by Gasteiger charge is -2.12. The van der Waals surface area contributed by atoms with Crippen LogP contribution in [-0.2, 0) is 14.8 Å². The molecule has 0 aliphatic carbocycles. The Morgan fingerprint density at radius 2 is 2.14 bits per heavy atom. The molecule has 2 N–H and O–H groups in total. The molecule has 1 rings (SSSR count). The highest BCUT2D eigenvalue weighted by atomic mass is 32.2. The van der Waals surface area contributed by atoms with Crippen LogP contribution in [-0.4, -0.2) is 39.7 Å². The number of hydrogen-bond donors (Lipinski definition) is 2. The lowest BCUT2D eigenvalue weighted by molar-refractivity contribution is 0.108. The third-order valence-electron chi connectivity index (χ3n) is 2.65. The molecule has 0 aliphatic heterocycles. The first-order valence-electron chi connectivity index (χ1n) is 7.22. The second-order valence-electron chi connectivity index (χ2n) is 5.12. The van der Waals surface area contributed by atoms with Crippen molar-refractivity contribution >= 4 is 15.7 Å². The van der Waals surface area contributed by atoms with Gasteiger partial charge in [0.25, 0.3) is 0 Å². The van der Waals surface area contributed by atoms with Gasteiger partial charge in [-0.3, -0.25) is 4.98 Å². The summed E-state index contributed by atoms with van der Waals surface area (Å²) < 4.78 is 32.5. The van der Waals surface area contributed by atoms with Crippen molar-refractivity contribution in [2.45, 2.75) is 32.1 Å². The minimum absolute atomic E-state index is 0.176. The van der Waals surface area contributed by atoms with E-state index in [2.05, 4.69) is 28.9 Å². The largest absolute Gasteiger partial charge is 0.384 e. The van der Waals surface area contributed by atoms with Crippen molar-refractivity contribution in [2.75, 3.05) is 31.6 Å². The summed E-state index contributed by atoms with van der Waals surface area (Å²) in [7, 11) is -3.55. The summed E-state index contributed by atoms with van der Waals surface area (Å²) in [6.07, 6.45) is 3.56. The highest BCUT2D eigenvalue weighted by Gasteiger charge is 2.17. The number of rotatable bonds is 10. The molecule has 0 radical (unpaired) electrons. The number of nitrogens with zero attached hydrogens (tertiary/aromatic N) is 1. The fourth-order valence-corrected chi connectivity index (χ4v) is 2.91. The van der Waals surface area contributed by atoms with E-state index < -0.39 is 10.0 Å². The molecular weight excluding hydrogens is 290 g/mol. The minimum Gasteiger partial charge on any atom is -0.384 e. The summed E-state index contributed by atoms with van der Waals surface area (Å²) in [6, 6.07) is 1.66. The number of aromatic nitrogens is 1. The van der Waals surface area contributed by atoms with E-state index in [1.807, 2.05) is 6.92 Å². The van der Waals surface area contributed by atoms with Gasteiger partial charge in [-0.05, 0) is 25.3 Å². The van der Waals surface area contributed by atoms with Crippen LogP contribution in [0.1, 0.15) is 27.2 Å². The molecule has 0 saturated heterocycles. The summed E-state index contributed by atoms with van der Waals surface area (Å²) in [6.45, 7) is 8.31. The maximum Gasteiger partial charge on any atom is 0.244 e. The van der Waals surface area contributed by atoms with Gasteiger partial charge >= 0.3 is 0 Å². The van der Waals surface area contributed by atoms with Gasteiger partial charge in [0.15, 0.2) is 0 Å². The van der Waals surface area contributed by atoms with E-state index in [1.165, 1.54) is 6.20 Å². The van der Waals surface area contributed by atoms with Crippen LogP contribution in [0.5, 0.6) is 0 Å². The standard InChI is InChI=1S/C14H25N3O3S/c1-4-16-13-6-8-15-10-14(13)21(18,19)17-7-5-9-20-11-12(2)3/h6,8,10,12,17H,4-5,7,9,11H2,1-3H3,(H,15,16). The zero-order valence-corrected chi connectivity index (χ0v) is 13.7. The first kappa shape index (κ1) is 17.9. The van der Waals surface area contributed by atoms with Gasteiger partial charge in [-0.2, -0.15) is 0 Å². The molecule has 7 heteroatoms. The average Bonchev–Trinajstić information content (AvgIpc) is 2.43. The molecule has 1 aromatic heterocycles. The van der Waals surface area contributed by atoms with Crippen LogP contribution in [0.25, 0.3) is 0 Å². The quantitative estimate of drug-likeness (QED) is 0.644. The van der Waals surface area contributed by atoms with Crippen molar-refractivity contribution in [1.82, 2.24) is 9.71 Å². The van der Waals surface area contributed by atoms with E-state index >= 15 is 0 Å². The van der Waals surface area contributed by atoms with Gasteiger partial charge in [0.05, 0.1) is 5.69 Å². The molecule has 1 heterocycles. The Balaban J connectivity index is 2.50. The summed E-state index contributed by atoms with van der Waals surface area (Å²) in [5, 5.41) is 3.02. The second kappa shape index (κ2) is 8.96. The number of pyridine rings is 1. The maximum atomic E-state index is 12.2. The van der Waals surface area contributed by atoms with Crippen molar-refractivity contribution < 1.29 is 13.2 Å². The second-order valence-corrected chi connectivity index (χ2v) is 6.86. The fraction of sp³-hybridized carbons (Fsp3) is 0.643. The van der Waals surface area contributed by atoms with Crippen molar-refractivity contribution in [2.24, 2.45) is 5.92 Å². The van der Waals surface area contributed by atoms with Gasteiger partial charge in [-0.15, -0.1) is 0 Å². The number of ether oxygens (including phenoxy) is 1. The summed E-state index contributed by atoms with van der Waals surface area (Å²) in [5.41, 5.74) is 0.566. The first-order chi connectivity index (χ1) is 9.97. The Hall–Kier alpha value is -1.18. The SMILES string of the molecule is CCNc1ccncc1S(=O)(=O)NCCCOCC(C)C. The molecule has 0 fully saturated rings. The molecular formula is C14H25N3O3S. The molecule has 0 unspecified atom stereocenters. The van der Waals surface area contributed by atoms with Crippen LogP contribution in [0.4, 0.5) is 5.69 Å². The molecule has 0 saturated carbocycles. The number of sulfonamides is 1. The third-order valence-corrected chi connectivity index (χ3v) is 4.14. The molecule has 0 aliphatic rings. The van der Waals surface area contributed by atoms with Crippen molar-refractivity contribution in [3.05, 3.63) is 18.5 Å². The van der Waals surface area contributed by atoms with Gasteiger partial charge in [-0.1, -0.05) is 13.8 Å². The molecule has 21 heavy (non-hydrogen) atoms. The Morgan fingerprint density at radius 3 is 2.81 bits per heavy atom. The number of hydrogen-bond acceptors (Lipinski definition) is 5. The van der Waals surface area contributed by atoms with E-state index in [0.29, 0.717) is 44.3 Å². The Kier molecular flexibility index (Phi) is 7.63. The van der Waals surface area contributed by atoms with Gasteiger partial charge in [-0.25, -0.2) is 13.1 Å². The first-order valence-corrected chi connectivity index (χ1v) is 8.71. The molecule has 0 atom stereocenters. The highest BCUT2D eigenvalue weighted by Crippen LogP contribution is 2.18. The van der Waals surface area contributed by atoms with Crippen molar-refractivity contribution in [3.63, 3.8) is 0 Å². The predicted molar refractivity (Wildman–Crippen MR) is 83.9 cm³/mol. The average molecular weight is 315 g/mol. The van der Waals surface area contributed by atoms with E-state index in [4.69, 9.17) is 4.74 Å². The molecule has 0 amide bonds. The summed E-state index contributed by atoms with van der Waals surface area (Å²) in [4.78, 5) is 4.06. The normalized spacial score (nSPS) is 11.8. The molecule has 6 nitrogen and oxygen atoms in total. The van der Waals surface area contributed by atoms with Gasteiger partial charge in [0.1, 0.15) is 4.90 Å². The number of anilines is 1. The molecule has 1 aromatic rings. The molecule has 0 spiro atoms. The lowest BCUT2D eigenvalue weighted by atomic mass is 10.2. The zero-order chi connectivity index (χ0) is 15.7. The lowest BCUT2D eigenvalue weighted by Crippen LogP contribution is -2.26. The maximum absolute atomic E-state index is 12.2. The zero-order valence-electron chi connectivity index (χ0n) is 12.9. The molecule has 0 aromatic carbocycles. The van der Waals surface area contributed by atoms with Crippen LogP contribution in [0, 0.1) is 5.92 Å². The highest BCUT2D eigenvalue weighted by molar-refractivity contribution is 7.89. The van der Waals surface area contributed by atoms with E-state index in [9.17, 15) is 8.42 Å².